The van der Waals surface area contributed by atoms with E-state index in [-0.39, 0.29) is 13.0 Å². The average molecular weight is 355 g/mol. The molecule has 25 heavy (non-hydrogen) atoms. The average Bonchev–Trinajstić information content (AvgIpc) is 3.13. The molecule has 0 aromatic heterocycles. The maximum Gasteiger partial charge on any atom is 0.394 e. The number of nitrogens with zero attached hydrogens (tertiary/aromatic N) is 2. The van der Waals surface area contributed by atoms with E-state index in [0.717, 1.165) is 31.6 Å². The summed E-state index contributed by atoms with van der Waals surface area (Å²) in [5.41, 5.74) is 0.388. The quantitative estimate of drug-likeness (QED) is 0.849. The molecule has 4 nitrogen and oxygen atoms in total. The fourth-order valence-electron chi connectivity index (χ4n) is 3.96. The molecule has 2 aliphatic heterocycles. The summed E-state index contributed by atoms with van der Waals surface area (Å²) < 4.78 is 39.5. The number of likely N-dealkylation sites (tertiary alicyclic amines) is 1. The minimum Gasteiger partial charge on any atom is -0.371 e. The normalized spacial score (nSPS) is 23.2. The van der Waals surface area contributed by atoms with E-state index in [4.69, 9.17) is 0 Å². The van der Waals surface area contributed by atoms with Crippen LogP contribution in [0.2, 0.25) is 0 Å². The van der Waals surface area contributed by atoms with E-state index in [1.807, 2.05) is 18.2 Å². The number of anilines is 2. The van der Waals surface area contributed by atoms with Gasteiger partial charge in [-0.2, -0.15) is 13.2 Å². The molecular formula is C18H24F3N3O. The lowest BCUT2D eigenvalue weighted by Crippen LogP contribution is -2.51. The molecular weight excluding hydrogens is 331 g/mol. The number of benzene rings is 1. The van der Waals surface area contributed by atoms with E-state index in [9.17, 15) is 18.0 Å². The van der Waals surface area contributed by atoms with Gasteiger partial charge in [0, 0.05) is 31.0 Å². The first-order chi connectivity index (χ1) is 11.7. The summed E-state index contributed by atoms with van der Waals surface area (Å²) in [5.74, 6) is -1.50. The van der Waals surface area contributed by atoms with Crippen LogP contribution in [0.5, 0.6) is 0 Å². The molecule has 2 aliphatic rings. The smallest absolute Gasteiger partial charge is 0.371 e. The van der Waals surface area contributed by atoms with Gasteiger partial charge >= 0.3 is 12.2 Å². The van der Waals surface area contributed by atoms with Crippen molar-refractivity contribution in [3.63, 3.8) is 0 Å². The topological polar surface area (TPSA) is 35.6 Å². The zero-order valence-corrected chi connectivity index (χ0v) is 14.6. The molecule has 0 saturated carbocycles. The molecule has 2 saturated heterocycles. The highest BCUT2D eigenvalue weighted by Crippen LogP contribution is 2.44. The molecule has 138 valence electrons. The highest BCUT2D eigenvalue weighted by atomic mass is 19.4. The van der Waals surface area contributed by atoms with Gasteiger partial charge in [0.1, 0.15) is 0 Å². The molecule has 2 amide bonds. The standard InChI is InChI=1S/C18H24F3N3O/c1-17(2)15(18(19,20)21)8-11-24(17)16(25)22-13-6-5-7-14(12-13)23-9-3-4-10-23/h5-7,12,15H,3-4,8-11H2,1-2H3,(H,22,25)/t15-/m0/s1. The van der Waals surface area contributed by atoms with E-state index < -0.39 is 23.7 Å². The predicted octanol–water partition coefficient (Wildman–Crippen LogP) is 4.48. The third-order valence-electron chi connectivity index (χ3n) is 5.40. The SMILES string of the molecule is CC1(C)[C@@H](C(F)(F)F)CCN1C(=O)Nc1cccc(N2CCCC2)c1. The molecule has 0 radical (unpaired) electrons. The third kappa shape index (κ3) is 3.55. The Balaban J connectivity index is 1.71. The number of rotatable bonds is 2. The number of halogens is 3. The zero-order valence-electron chi connectivity index (χ0n) is 14.6. The number of urea groups is 1. The van der Waals surface area contributed by atoms with Gasteiger partial charge in [0.2, 0.25) is 0 Å². The monoisotopic (exact) mass is 355 g/mol. The van der Waals surface area contributed by atoms with Crippen molar-refractivity contribution in [1.29, 1.82) is 0 Å². The third-order valence-corrected chi connectivity index (χ3v) is 5.40. The minimum absolute atomic E-state index is 0.0578. The highest BCUT2D eigenvalue weighted by Gasteiger charge is 2.56. The van der Waals surface area contributed by atoms with Crippen molar-refractivity contribution in [2.75, 3.05) is 29.9 Å². The van der Waals surface area contributed by atoms with Crippen LogP contribution < -0.4 is 10.2 Å². The zero-order chi connectivity index (χ0) is 18.2. The van der Waals surface area contributed by atoms with Crippen LogP contribution in [0.3, 0.4) is 0 Å². The molecule has 1 aromatic carbocycles. The molecule has 3 rings (SSSR count). The number of carbonyl (C=O) groups excluding carboxylic acids is 1. The van der Waals surface area contributed by atoms with Crippen LogP contribution in [0.15, 0.2) is 24.3 Å². The largest absolute Gasteiger partial charge is 0.394 e. The van der Waals surface area contributed by atoms with Gasteiger partial charge in [-0.15, -0.1) is 0 Å². The summed E-state index contributed by atoms with van der Waals surface area (Å²) in [7, 11) is 0. The first kappa shape index (κ1) is 17.9. The molecule has 1 aromatic rings. The number of nitrogens with one attached hydrogen (secondary N) is 1. The van der Waals surface area contributed by atoms with Crippen molar-refractivity contribution in [2.45, 2.75) is 44.8 Å². The number of hydrogen-bond acceptors (Lipinski definition) is 2. The number of carbonyl (C=O) groups is 1. The molecule has 0 spiro atoms. The minimum atomic E-state index is -4.30. The van der Waals surface area contributed by atoms with Crippen LogP contribution >= 0.6 is 0 Å². The Hall–Kier alpha value is -1.92. The second-order valence-electron chi connectivity index (χ2n) is 7.36. The van der Waals surface area contributed by atoms with Crippen LogP contribution in [0.25, 0.3) is 0 Å². The van der Waals surface area contributed by atoms with Crippen molar-refractivity contribution in [1.82, 2.24) is 4.90 Å². The Bertz CT molecular complexity index is 639. The lowest BCUT2D eigenvalue weighted by Gasteiger charge is -2.36. The van der Waals surface area contributed by atoms with E-state index in [1.54, 1.807) is 6.07 Å². The Labute approximate surface area is 146 Å². The van der Waals surface area contributed by atoms with Gasteiger partial charge in [-0.25, -0.2) is 4.79 Å². The molecule has 0 bridgehead atoms. The number of hydrogen-bond donors (Lipinski definition) is 1. The Morgan fingerprint density at radius 1 is 1.20 bits per heavy atom. The van der Waals surface area contributed by atoms with Gasteiger partial charge in [-0.3, -0.25) is 0 Å². The van der Waals surface area contributed by atoms with Gasteiger partial charge in [0.05, 0.1) is 11.5 Å². The molecule has 0 unspecified atom stereocenters. The Morgan fingerprint density at radius 2 is 1.88 bits per heavy atom. The van der Waals surface area contributed by atoms with Crippen LogP contribution in [0, 0.1) is 5.92 Å². The van der Waals surface area contributed by atoms with E-state index in [1.165, 1.54) is 18.7 Å². The van der Waals surface area contributed by atoms with Crippen LogP contribution in [0.1, 0.15) is 33.1 Å². The van der Waals surface area contributed by atoms with E-state index in [0.29, 0.717) is 5.69 Å². The summed E-state index contributed by atoms with van der Waals surface area (Å²) in [5, 5.41) is 2.77. The van der Waals surface area contributed by atoms with Crippen molar-refractivity contribution in [2.24, 2.45) is 5.92 Å². The highest BCUT2D eigenvalue weighted by molar-refractivity contribution is 5.90. The van der Waals surface area contributed by atoms with Crippen LogP contribution in [0.4, 0.5) is 29.3 Å². The summed E-state index contributed by atoms with van der Waals surface area (Å²) in [6.45, 7) is 5.05. The first-order valence-corrected chi connectivity index (χ1v) is 8.70. The van der Waals surface area contributed by atoms with Crippen molar-refractivity contribution in [3.05, 3.63) is 24.3 Å². The molecule has 1 atom stereocenters. The van der Waals surface area contributed by atoms with Crippen LogP contribution in [-0.4, -0.2) is 42.3 Å². The maximum atomic E-state index is 13.2. The van der Waals surface area contributed by atoms with Gasteiger partial charge in [-0.05, 0) is 51.3 Å². The van der Waals surface area contributed by atoms with Gasteiger partial charge in [-0.1, -0.05) is 6.07 Å². The van der Waals surface area contributed by atoms with E-state index >= 15 is 0 Å². The first-order valence-electron chi connectivity index (χ1n) is 8.70. The lowest BCUT2D eigenvalue weighted by atomic mass is 9.88. The van der Waals surface area contributed by atoms with Crippen LogP contribution in [-0.2, 0) is 0 Å². The van der Waals surface area contributed by atoms with Crippen molar-refractivity contribution < 1.29 is 18.0 Å². The Kier molecular flexibility index (Phi) is 4.60. The van der Waals surface area contributed by atoms with Crippen molar-refractivity contribution >= 4 is 17.4 Å². The van der Waals surface area contributed by atoms with Gasteiger partial charge in [0.15, 0.2) is 0 Å². The van der Waals surface area contributed by atoms with E-state index in [2.05, 4.69) is 10.2 Å². The lowest BCUT2D eigenvalue weighted by molar-refractivity contribution is -0.189. The fraction of sp³-hybridized carbons (Fsp3) is 0.611. The fourth-order valence-corrected chi connectivity index (χ4v) is 3.96. The Morgan fingerprint density at radius 3 is 2.48 bits per heavy atom. The second-order valence-corrected chi connectivity index (χ2v) is 7.36. The predicted molar refractivity (Wildman–Crippen MR) is 91.9 cm³/mol. The molecule has 0 aliphatic carbocycles. The number of alkyl halides is 3. The molecule has 7 heteroatoms. The molecule has 1 N–H and O–H groups in total. The summed E-state index contributed by atoms with van der Waals surface area (Å²) in [6.07, 6.45) is -2.05. The summed E-state index contributed by atoms with van der Waals surface area (Å²) in [6, 6.07) is 7.02. The summed E-state index contributed by atoms with van der Waals surface area (Å²) >= 11 is 0. The summed E-state index contributed by atoms with van der Waals surface area (Å²) in [4.78, 5) is 16.1. The number of amides is 2. The second kappa shape index (κ2) is 6.42. The molecule has 2 heterocycles. The maximum absolute atomic E-state index is 13.2. The molecule has 2 fully saturated rings. The van der Waals surface area contributed by atoms with Gasteiger partial charge in [0.25, 0.3) is 0 Å². The van der Waals surface area contributed by atoms with Crippen molar-refractivity contribution in [3.8, 4) is 0 Å². The van der Waals surface area contributed by atoms with Gasteiger partial charge < -0.3 is 15.1 Å².